The highest BCUT2D eigenvalue weighted by Gasteiger charge is 2.20. The predicted octanol–water partition coefficient (Wildman–Crippen LogP) is 2.43. The van der Waals surface area contributed by atoms with Gasteiger partial charge in [-0.2, -0.15) is 0 Å². The molecule has 0 unspecified atom stereocenters. The minimum atomic E-state index is -0.107. The van der Waals surface area contributed by atoms with Crippen LogP contribution in [0.3, 0.4) is 0 Å². The molecule has 1 aliphatic rings. The van der Waals surface area contributed by atoms with Crippen LogP contribution in [0.4, 0.5) is 0 Å². The van der Waals surface area contributed by atoms with E-state index >= 15 is 0 Å². The Hall–Kier alpha value is -0.980. The lowest BCUT2D eigenvalue weighted by molar-refractivity contribution is -0.132. The number of amides is 1. The summed E-state index contributed by atoms with van der Waals surface area (Å²) >= 11 is 0. The van der Waals surface area contributed by atoms with Crippen molar-refractivity contribution in [3.63, 3.8) is 0 Å². The van der Waals surface area contributed by atoms with Crippen LogP contribution in [-0.4, -0.2) is 53.9 Å². The maximum Gasteiger partial charge on any atom is 0.233 e. The third-order valence-corrected chi connectivity index (χ3v) is 6.14. The molecule has 0 spiro atoms. The number of carbonyl (C=O) groups excluding carboxylic acids is 2. The van der Waals surface area contributed by atoms with Crippen molar-refractivity contribution in [2.24, 2.45) is 0 Å². The van der Waals surface area contributed by atoms with Gasteiger partial charge in [-0.15, -0.1) is 0 Å². The Morgan fingerprint density at radius 2 is 1.91 bits per heavy atom. The van der Waals surface area contributed by atoms with Gasteiger partial charge in [0.25, 0.3) is 0 Å². The summed E-state index contributed by atoms with van der Waals surface area (Å²) in [7, 11) is 2.98. The van der Waals surface area contributed by atoms with Crippen LogP contribution in [0.2, 0.25) is 0 Å². The van der Waals surface area contributed by atoms with E-state index in [1.54, 1.807) is 6.92 Å². The molecule has 120 valence electrons. The first kappa shape index (κ1) is 17.4. The monoisotopic (exact) mass is 339 g/mol. The molecule has 4 nitrogen and oxygen atoms in total. The van der Waals surface area contributed by atoms with Crippen LogP contribution in [0.25, 0.3) is 0 Å². The van der Waals surface area contributed by atoms with Gasteiger partial charge in [0.15, 0.2) is 0 Å². The minimum absolute atomic E-state index is 0.107. The Labute approximate surface area is 139 Å². The van der Waals surface area contributed by atoms with E-state index in [0.29, 0.717) is 38.5 Å². The maximum absolute atomic E-state index is 12.1. The van der Waals surface area contributed by atoms with Gasteiger partial charge in [-0.1, -0.05) is 51.9 Å². The van der Waals surface area contributed by atoms with Crippen molar-refractivity contribution in [3.05, 3.63) is 35.9 Å². The molecule has 0 bridgehead atoms. The normalized spacial score (nSPS) is 16.3. The molecule has 0 aromatic heterocycles. The molecule has 1 saturated heterocycles. The second-order valence-electron chi connectivity index (χ2n) is 5.14. The van der Waals surface area contributed by atoms with Crippen molar-refractivity contribution in [1.29, 1.82) is 0 Å². The Kier molecular flexibility index (Phi) is 7.29. The van der Waals surface area contributed by atoms with Crippen molar-refractivity contribution < 1.29 is 14.3 Å². The fourth-order valence-corrected chi connectivity index (χ4v) is 4.67. The minimum Gasteiger partial charge on any atom is -0.378 e. The molecule has 0 N–H and O–H groups in total. The summed E-state index contributed by atoms with van der Waals surface area (Å²) in [6.07, 6.45) is 0.708. The van der Waals surface area contributed by atoms with Crippen molar-refractivity contribution >= 4 is 33.3 Å². The van der Waals surface area contributed by atoms with Gasteiger partial charge in [0.1, 0.15) is 5.78 Å². The topological polar surface area (TPSA) is 46.6 Å². The van der Waals surface area contributed by atoms with E-state index < -0.39 is 0 Å². The van der Waals surface area contributed by atoms with Gasteiger partial charge in [0, 0.05) is 13.1 Å². The van der Waals surface area contributed by atoms with Crippen molar-refractivity contribution in [2.45, 2.75) is 18.6 Å². The molecule has 2 rings (SSSR count). The summed E-state index contributed by atoms with van der Waals surface area (Å²) in [5.41, 5.74) is 1.15. The first-order chi connectivity index (χ1) is 10.7. The molecule has 1 aromatic carbocycles. The third-order valence-electron chi connectivity index (χ3n) is 3.45. The van der Waals surface area contributed by atoms with Crippen molar-refractivity contribution in [1.82, 2.24) is 4.90 Å². The summed E-state index contributed by atoms with van der Waals surface area (Å²) in [6.45, 7) is 4.20. The van der Waals surface area contributed by atoms with Gasteiger partial charge < -0.3 is 9.64 Å². The van der Waals surface area contributed by atoms with Crippen LogP contribution < -0.4 is 0 Å². The number of rotatable bonds is 7. The van der Waals surface area contributed by atoms with Gasteiger partial charge in [0.2, 0.25) is 5.91 Å². The number of carbonyl (C=O) groups is 2. The van der Waals surface area contributed by atoms with E-state index in [4.69, 9.17) is 4.74 Å². The molecule has 1 aliphatic heterocycles. The Balaban J connectivity index is 1.77. The lowest BCUT2D eigenvalue weighted by Crippen LogP contribution is -2.41. The zero-order valence-electron chi connectivity index (χ0n) is 12.7. The molecule has 1 amide bonds. The Bertz CT molecular complexity index is 489. The highest BCUT2D eigenvalue weighted by Crippen LogP contribution is 2.30. The van der Waals surface area contributed by atoms with E-state index in [2.05, 4.69) is 0 Å². The van der Waals surface area contributed by atoms with Gasteiger partial charge in [-0.3, -0.25) is 9.59 Å². The summed E-state index contributed by atoms with van der Waals surface area (Å²) in [4.78, 5) is 25.7. The first-order valence-electron chi connectivity index (χ1n) is 7.35. The lowest BCUT2D eigenvalue weighted by atomic mass is 10.1. The zero-order chi connectivity index (χ0) is 15.8. The Morgan fingerprint density at radius 1 is 1.23 bits per heavy atom. The van der Waals surface area contributed by atoms with Crippen LogP contribution in [0.1, 0.15) is 12.5 Å². The molecule has 22 heavy (non-hydrogen) atoms. The second kappa shape index (κ2) is 9.22. The van der Waals surface area contributed by atoms with Crippen LogP contribution in [0.5, 0.6) is 0 Å². The quantitative estimate of drug-likeness (QED) is 0.714. The number of ketones is 1. The number of ether oxygens (including phenoxy) is 1. The maximum atomic E-state index is 12.1. The van der Waals surface area contributed by atoms with E-state index in [0.717, 1.165) is 5.56 Å². The SMILES string of the molecule is CC(=O)[C@H](Cc1ccccc1)SSCC(=O)N1CCOCC1. The standard InChI is InChI=1S/C16H21NO3S2/c1-13(18)15(11-14-5-3-2-4-6-14)22-21-12-16(19)17-7-9-20-10-8-17/h2-6,15H,7-12H2,1H3/t15-/m0/s1. The second-order valence-corrected chi connectivity index (χ2v) is 7.71. The summed E-state index contributed by atoms with van der Waals surface area (Å²) < 4.78 is 5.24. The number of benzene rings is 1. The molecule has 1 atom stereocenters. The largest absolute Gasteiger partial charge is 0.378 e. The molecule has 1 fully saturated rings. The number of hydrogen-bond donors (Lipinski definition) is 0. The molecule has 1 aromatic rings. The van der Waals surface area contributed by atoms with Gasteiger partial charge in [-0.05, 0) is 18.9 Å². The fourth-order valence-electron chi connectivity index (χ4n) is 2.14. The first-order valence-corrected chi connectivity index (χ1v) is 9.73. The lowest BCUT2D eigenvalue weighted by Gasteiger charge is -2.26. The number of morpholine rings is 1. The molecule has 6 heteroatoms. The van der Waals surface area contributed by atoms with Crippen molar-refractivity contribution in [3.8, 4) is 0 Å². The highest BCUT2D eigenvalue weighted by atomic mass is 33.1. The van der Waals surface area contributed by atoms with Crippen LogP contribution in [0, 0.1) is 0 Å². The van der Waals surface area contributed by atoms with E-state index in [1.807, 2.05) is 35.2 Å². The third kappa shape index (κ3) is 5.66. The average molecular weight is 339 g/mol. The number of hydrogen-bond acceptors (Lipinski definition) is 5. The molecule has 0 saturated carbocycles. The van der Waals surface area contributed by atoms with Crippen molar-refractivity contribution in [2.75, 3.05) is 32.1 Å². The summed E-state index contributed by atoms with van der Waals surface area (Å²) in [6, 6.07) is 9.98. The van der Waals surface area contributed by atoms with E-state index in [1.165, 1.54) is 21.6 Å². The van der Waals surface area contributed by atoms with Crippen LogP contribution in [0.15, 0.2) is 30.3 Å². The van der Waals surface area contributed by atoms with E-state index in [-0.39, 0.29) is 16.9 Å². The fraction of sp³-hybridized carbons (Fsp3) is 0.500. The summed E-state index contributed by atoms with van der Waals surface area (Å²) in [5, 5.41) is -0.107. The van der Waals surface area contributed by atoms with Crippen LogP contribution in [-0.2, 0) is 20.7 Å². The number of Topliss-reactive ketones (excluding diaryl/α,β-unsaturated/α-hetero) is 1. The van der Waals surface area contributed by atoms with Gasteiger partial charge >= 0.3 is 0 Å². The van der Waals surface area contributed by atoms with Gasteiger partial charge in [0.05, 0.1) is 24.2 Å². The molecule has 1 heterocycles. The molecular weight excluding hydrogens is 318 g/mol. The zero-order valence-corrected chi connectivity index (χ0v) is 14.3. The predicted molar refractivity (Wildman–Crippen MR) is 92.1 cm³/mol. The highest BCUT2D eigenvalue weighted by molar-refractivity contribution is 8.77. The Morgan fingerprint density at radius 3 is 2.55 bits per heavy atom. The van der Waals surface area contributed by atoms with Crippen LogP contribution >= 0.6 is 21.6 Å². The summed E-state index contributed by atoms with van der Waals surface area (Å²) in [5.74, 6) is 0.687. The average Bonchev–Trinajstić information content (AvgIpc) is 2.55. The number of nitrogens with zero attached hydrogens (tertiary/aromatic N) is 1. The molecule has 0 radical (unpaired) electrons. The van der Waals surface area contributed by atoms with E-state index in [9.17, 15) is 9.59 Å². The smallest absolute Gasteiger partial charge is 0.233 e. The molecular formula is C16H21NO3S2. The van der Waals surface area contributed by atoms with Gasteiger partial charge in [-0.25, -0.2) is 0 Å². The molecule has 0 aliphatic carbocycles.